The fourth-order valence-electron chi connectivity index (χ4n) is 2.16. The van der Waals surface area contributed by atoms with E-state index in [0.29, 0.717) is 11.6 Å². The molecule has 0 aliphatic carbocycles. The topological polar surface area (TPSA) is 22.1 Å². The van der Waals surface area contributed by atoms with Gasteiger partial charge in [-0.3, -0.25) is 4.98 Å². The molecule has 3 aromatic rings. The molecule has 0 radical (unpaired) electrons. The van der Waals surface area contributed by atoms with Crippen molar-refractivity contribution in [2.24, 2.45) is 0 Å². The van der Waals surface area contributed by atoms with E-state index in [4.69, 9.17) is 16.3 Å². The van der Waals surface area contributed by atoms with Crippen LogP contribution in [-0.4, -0.2) is 4.98 Å². The summed E-state index contributed by atoms with van der Waals surface area (Å²) in [6, 6.07) is 15.8. The molecule has 0 atom stereocenters. The van der Waals surface area contributed by atoms with E-state index in [1.54, 1.807) is 0 Å². The Hall–Kier alpha value is -1.58. The first-order chi connectivity index (χ1) is 10.1. The van der Waals surface area contributed by atoms with Crippen molar-refractivity contribution in [2.45, 2.75) is 13.5 Å². The van der Waals surface area contributed by atoms with Gasteiger partial charge in [-0.15, -0.1) is 0 Å². The number of rotatable bonds is 3. The lowest BCUT2D eigenvalue weighted by Gasteiger charge is -2.10. The maximum absolute atomic E-state index is 6.26. The van der Waals surface area contributed by atoms with Crippen LogP contribution in [0.3, 0.4) is 0 Å². The molecule has 0 saturated heterocycles. The molecule has 1 heterocycles. The van der Waals surface area contributed by atoms with Gasteiger partial charge in [0.15, 0.2) is 0 Å². The van der Waals surface area contributed by atoms with E-state index in [1.807, 2.05) is 55.5 Å². The maximum Gasteiger partial charge on any atom is 0.136 e. The Kier molecular flexibility index (Phi) is 4.13. The summed E-state index contributed by atoms with van der Waals surface area (Å²) in [4.78, 5) is 4.51. The summed E-state index contributed by atoms with van der Waals surface area (Å²) in [6.07, 6.45) is 0. The van der Waals surface area contributed by atoms with Crippen molar-refractivity contribution in [1.82, 2.24) is 4.98 Å². The molecule has 0 N–H and O–H groups in total. The van der Waals surface area contributed by atoms with Gasteiger partial charge in [0.1, 0.15) is 12.4 Å². The molecular formula is C17H13BrClNO. The van der Waals surface area contributed by atoms with Gasteiger partial charge in [-0.05, 0) is 40.5 Å². The minimum absolute atomic E-state index is 0.518. The lowest BCUT2D eigenvalue weighted by molar-refractivity contribution is 0.304. The first-order valence-corrected chi connectivity index (χ1v) is 7.74. The van der Waals surface area contributed by atoms with E-state index < -0.39 is 0 Å². The standard InChI is InChI=1S/C17H13BrClNO/c1-11-7-15(19)13-8-14(18)17(9-16(13)20-11)21-10-12-5-3-2-4-6-12/h2-9H,10H2,1H3. The predicted molar refractivity (Wildman–Crippen MR) is 90.0 cm³/mol. The molecule has 106 valence electrons. The highest BCUT2D eigenvalue weighted by Gasteiger charge is 2.09. The third-order valence-corrected chi connectivity index (χ3v) is 4.11. The molecule has 2 aromatic carbocycles. The van der Waals surface area contributed by atoms with E-state index in [-0.39, 0.29) is 0 Å². The molecular weight excluding hydrogens is 350 g/mol. The van der Waals surface area contributed by atoms with Gasteiger partial charge in [0, 0.05) is 17.1 Å². The number of hydrogen-bond donors (Lipinski definition) is 0. The summed E-state index contributed by atoms with van der Waals surface area (Å²) in [7, 11) is 0. The first-order valence-electron chi connectivity index (χ1n) is 6.56. The van der Waals surface area contributed by atoms with Crippen molar-refractivity contribution in [3.05, 3.63) is 69.3 Å². The van der Waals surface area contributed by atoms with Crippen molar-refractivity contribution in [3.8, 4) is 5.75 Å². The molecule has 2 nitrogen and oxygen atoms in total. The normalized spacial score (nSPS) is 10.8. The lowest BCUT2D eigenvalue weighted by Crippen LogP contribution is -1.96. The van der Waals surface area contributed by atoms with E-state index in [9.17, 15) is 0 Å². The van der Waals surface area contributed by atoms with Gasteiger partial charge >= 0.3 is 0 Å². The molecule has 1 aromatic heterocycles. The summed E-state index contributed by atoms with van der Waals surface area (Å²) in [5.74, 6) is 0.764. The van der Waals surface area contributed by atoms with Gasteiger partial charge < -0.3 is 4.74 Å². The van der Waals surface area contributed by atoms with Crippen LogP contribution in [0.25, 0.3) is 10.9 Å². The Morgan fingerprint density at radius 3 is 2.67 bits per heavy atom. The van der Waals surface area contributed by atoms with Crippen LogP contribution in [0.1, 0.15) is 11.3 Å². The largest absolute Gasteiger partial charge is 0.488 e. The Balaban J connectivity index is 1.94. The van der Waals surface area contributed by atoms with Gasteiger partial charge in [0.25, 0.3) is 0 Å². The fraction of sp³-hybridized carbons (Fsp3) is 0.118. The highest BCUT2D eigenvalue weighted by atomic mass is 79.9. The maximum atomic E-state index is 6.26. The van der Waals surface area contributed by atoms with Gasteiger partial charge in [-0.2, -0.15) is 0 Å². The van der Waals surface area contributed by atoms with Crippen molar-refractivity contribution < 1.29 is 4.74 Å². The zero-order valence-electron chi connectivity index (χ0n) is 11.4. The summed E-state index contributed by atoms with van der Waals surface area (Å²) in [5, 5.41) is 1.62. The summed E-state index contributed by atoms with van der Waals surface area (Å²) in [5.41, 5.74) is 2.86. The number of pyridine rings is 1. The molecule has 3 rings (SSSR count). The molecule has 0 aliphatic heterocycles. The molecule has 0 amide bonds. The molecule has 0 aliphatic rings. The summed E-state index contributed by atoms with van der Waals surface area (Å²) in [6.45, 7) is 2.45. The summed E-state index contributed by atoms with van der Waals surface area (Å²) < 4.78 is 6.75. The molecule has 0 bridgehead atoms. The molecule has 0 spiro atoms. The fourth-order valence-corrected chi connectivity index (χ4v) is 2.92. The number of hydrogen-bond acceptors (Lipinski definition) is 2. The van der Waals surface area contributed by atoms with Crippen LogP contribution in [-0.2, 0) is 6.61 Å². The highest BCUT2D eigenvalue weighted by molar-refractivity contribution is 9.10. The van der Waals surface area contributed by atoms with E-state index in [2.05, 4.69) is 20.9 Å². The van der Waals surface area contributed by atoms with Gasteiger partial charge in [-0.25, -0.2) is 0 Å². The lowest BCUT2D eigenvalue weighted by atomic mass is 10.2. The SMILES string of the molecule is Cc1cc(Cl)c2cc(Br)c(OCc3ccccc3)cc2n1. The zero-order chi connectivity index (χ0) is 14.8. The van der Waals surface area contributed by atoms with Crippen LogP contribution in [0.4, 0.5) is 0 Å². The number of aryl methyl sites for hydroxylation is 1. The Morgan fingerprint density at radius 2 is 1.90 bits per heavy atom. The minimum atomic E-state index is 0.518. The molecule has 0 unspecified atom stereocenters. The van der Waals surface area contributed by atoms with E-state index >= 15 is 0 Å². The second-order valence-corrected chi connectivity index (χ2v) is 6.08. The molecule has 4 heteroatoms. The third kappa shape index (κ3) is 3.20. The van der Waals surface area contributed by atoms with Crippen LogP contribution in [0, 0.1) is 6.92 Å². The van der Waals surface area contributed by atoms with Crippen molar-refractivity contribution in [2.75, 3.05) is 0 Å². The van der Waals surface area contributed by atoms with Gasteiger partial charge in [0.2, 0.25) is 0 Å². The summed E-state index contributed by atoms with van der Waals surface area (Å²) >= 11 is 9.79. The number of halogens is 2. The monoisotopic (exact) mass is 361 g/mol. The first kappa shape index (κ1) is 14.4. The number of fused-ring (bicyclic) bond motifs is 1. The van der Waals surface area contributed by atoms with E-state index in [0.717, 1.165) is 32.4 Å². The molecule has 21 heavy (non-hydrogen) atoms. The second kappa shape index (κ2) is 6.04. The average molecular weight is 363 g/mol. The minimum Gasteiger partial charge on any atom is -0.488 e. The molecule has 0 saturated carbocycles. The molecule has 0 fully saturated rings. The van der Waals surface area contributed by atoms with Crippen molar-refractivity contribution in [3.63, 3.8) is 0 Å². The smallest absolute Gasteiger partial charge is 0.136 e. The van der Waals surface area contributed by atoms with Crippen LogP contribution < -0.4 is 4.74 Å². The van der Waals surface area contributed by atoms with Crippen LogP contribution in [0.5, 0.6) is 5.75 Å². The Labute approximate surface area is 136 Å². The Bertz CT molecular complexity index is 790. The van der Waals surface area contributed by atoms with Gasteiger partial charge in [0.05, 0.1) is 15.0 Å². The quantitative estimate of drug-likeness (QED) is 0.610. The van der Waals surface area contributed by atoms with E-state index in [1.165, 1.54) is 0 Å². The van der Waals surface area contributed by atoms with Crippen molar-refractivity contribution >= 4 is 38.4 Å². The third-order valence-electron chi connectivity index (χ3n) is 3.18. The number of ether oxygens (including phenoxy) is 1. The Morgan fingerprint density at radius 1 is 1.14 bits per heavy atom. The van der Waals surface area contributed by atoms with Gasteiger partial charge in [-0.1, -0.05) is 41.9 Å². The van der Waals surface area contributed by atoms with Crippen LogP contribution in [0.2, 0.25) is 5.02 Å². The number of nitrogens with zero attached hydrogens (tertiary/aromatic N) is 1. The van der Waals surface area contributed by atoms with Crippen LogP contribution in [0.15, 0.2) is 53.0 Å². The van der Waals surface area contributed by atoms with Crippen molar-refractivity contribution in [1.29, 1.82) is 0 Å². The zero-order valence-corrected chi connectivity index (χ0v) is 13.8. The predicted octanol–water partition coefficient (Wildman–Crippen LogP) is 5.54. The van der Waals surface area contributed by atoms with Crippen LogP contribution >= 0.6 is 27.5 Å². The highest BCUT2D eigenvalue weighted by Crippen LogP contribution is 2.33. The second-order valence-electron chi connectivity index (χ2n) is 4.82. The average Bonchev–Trinajstić information content (AvgIpc) is 2.47. The number of aromatic nitrogens is 1. The number of benzene rings is 2.